The van der Waals surface area contributed by atoms with Gasteiger partial charge < -0.3 is 5.32 Å². The molecule has 0 aromatic rings. The van der Waals surface area contributed by atoms with Gasteiger partial charge in [-0.3, -0.25) is 4.79 Å². The Morgan fingerprint density at radius 1 is 1.15 bits per heavy atom. The maximum absolute atomic E-state index is 12.0. The van der Waals surface area contributed by atoms with E-state index in [1.807, 2.05) is 13.8 Å². The molecule has 3 fully saturated rings. The lowest BCUT2D eigenvalue weighted by molar-refractivity contribution is -0.128. The van der Waals surface area contributed by atoms with Gasteiger partial charge in [-0.05, 0) is 80.0 Å². The van der Waals surface area contributed by atoms with Crippen LogP contribution >= 0.6 is 0 Å². The van der Waals surface area contributed by atoms with Crippen molar-refractivity contribution in [3.63, 3.8) is 0 Å². The molecule has 2 nitrogen and oxygen atoms in total. The van der Waals surface area contributed by atoms with Crippen LogP contribution in [0.3, 0.4) is 0 Å². The number of fused-ring (bicyclic) bond motifs is 3. The zero-order valence-electron chi connectivity index (χ0n) is 18.3. The highest BCUT2D eigenvalue weighted by molar-refractivity contribution is 5.76. The zero-order valence-corrected chi connectivity index (χ0v) is 18.3. The molecular weight excluding hydrogens is 318 g/mol. The second kappa shape index (κ2) is 8.48. The summed E-state index contributed by atoms with van der Waals surface area (Å²) in [6, 6.07) is 0. The topological polar surface area (TPSA) is 29.1 Å². The first-order valence-electron chi connectivity index (χ1n) is 11.3. The molecule has 6 atom stereocenters. The van der Waals surface area contributed by atoms with Crippen molar-refractivity contribution in [3.05, 3.63) is 12.2 Å². The van der Waals surface area contributed by atoms with Gasteiger partial charge in [0.15, 0.2) is 0 Å². The van der Waals surface area contributed by atoms with Crippen molar-refractivity contribution in [1.29, 1.82) is 0 Å². The van der Waals surface area contributed by atoms with Crippen LogP contribution in [0, 0.1) is 34.5 Å². The normalized spacial score (nSPS) is 42.8. The minimum absolute atomic E-state index is 0.270. The average molecular weight is 362 g/mol. The third-order valence-electron chi connectivity index (χ3n) is 8.58. The van der Waals surface area contributed by atoms with Crippen LogP contribution in [0.4, 0.5) is 0 Å². The Balaban J connectivity index is 0.00000117. The summed E-state index contributed by atoms with van der Waals surface area (Å²) in [4.78, 5) is 12.0. The fourth-order valence-corrected chi connectivity index (χ4v) is 6.86. The number of nitrogens with one attached hydrogen (secondary N) is 1. The molecule has 1 N–H and O–H groups in total. The Kier molecular flexibility index (Phi) is 7.02. The zero-order chi connectivity index (χ0) is 19.5. The van der Waals surface area contributed by atoms with Gasteiger partial charge in [0.2, 0.25) is 5.91 Å². The Morgan fingerprint density at radius 2 is 1.85 bits per heavy atom. The van der Waals surface area contributed by atoms with Crippen molar-refractivity contribution in [3.8, 4) is 0 Å². The molecule has 2 heteroatoms. The summed E-state index contributed by atoms with van der Waals surface area (Å²) < 4.78 is 0. The number of hydrogen-bond donors (Lipinski definition) is 1. The predicted octanol–water partition coefficient (Wildman–Crippen LogP) is 6.36. The lowest BCUT2D eigenvalue weighted by atomic mass is 9.45. The number of hydrogen-bond acceptors (Lipinski definition) is 1. The van der Waals surface area contributed by atoms with Crippen LogP contribution in [0.25, 0.3) is 0 Å². The molecule has 26 heavy (non-hydrogen) atoms. The molecule has 1 aliphatic heterocycles. The number of allylic oxidation sites excluding steroid dienone is 1. The van der Waals surface area contributed by atoms with Crippen LogP contribution < -0.4 is 5.32 Å². The Labute approximate surface area is 162 Å². The molecule has 0 radical (unpaired) electrons. The van der Waals surface area contributed by atoms with Gasteiger partial charge in [-0.25, -0.2) is 0 Å². The van der Waals surface area contributed by atoms with E-state index in [1.54, 1.807) is 0 Å². The first-order valence-corrected chi connectivity index (χ1v) is 11.3. The van der Waals surface area contributed by atoms with Gasteiger partial charge >= 0.3 is 0 Å². The maximum Gasteiger partial charge on any atom is 0.220 e. The first-order chi connectivity index (χ1) is 12.3. The number of carbonyl (C=O) groups is 1. The van der Waals surface area contributed by atoms with Crippen LogP contribution in [-0.2, 0) is 4.79 Å². The molecule has 3 aliphatic rings. The van der Waals surface area contributed by atoms with E-state index in [9.17, 15) is 4.79 Å². The molecule has 150 valence electrons. The summed E-state index contributed by atoms with van der Waals surface area (Å²) >= 11 is 0. The van der Waals surface area contributed by atoms with E-state index in [1.165, 1.54) is 44.1 Å². The third-order valence-corrected chi connectivity index (χ3v) is 8.58. The van der Waals surface area contributed by atoms with Crippen molar-refractivity contribution >= 4 is 5.91 Å². The number of rotatable bonds is 2. The van der Waals surface area contributed by atoms with Crippen molar-refractivity contribution in [1.82, 2.24) is 5.32 Å². The van der Waals surface area contributed by atoms with Crippen LogP contribution in [-0.4, -0.2) is 12.5 Å². The van der Waals surface area contributed by atoms with Crippen LogP contribution in [0.5, 0.6) is 0 Å². The molecular formula is C24H43NO. The molecule has 0 aromatic carbocycles. The molecule has 0 spiro atoms. The fourth-order valence-electron chi connectivity index (χ4n) is 6.86. The molecule has 1 amide bonds. The van der Waals surface area contributed by atoms with Gasteiger partial charge in [0, 0.05) is 13.0 Å². The van der Waals surface area contributed by atoms with Gasteiger partial charge in [0.05, 0.1) is 0 Å². The van der Waals surface area contributed by atoms with Gasteiger partial charge in [-0.2, -0.15) is 0 Å². The minimum atomic E-state index is 0.270. The molecule has 2 saturated carbocycles. The molecule has 2 aliphatic carbocycles. The summed E-state index contributed by atoms with van der Waals surface area (Å²) in [5, 5.41) is 3.10. The van der Waals surface area contributed by atoms with Crippen molar-refractivity contribution < 1.29 is 4.79 Å². The smallest absolute Gasteiger partial charge is 0.220 e. The monoisotopic (exact) mass is 361 g/mol. The SMILES string of the molecule is C=C(C)C1(C)CCC2C(CCC3CCNC(=O)CC[C@]32C)C1CC.CC. The highest BCUT2D eigenvalue weighted by Crippen LogP contribution is 2.63. The highest BCUT2D eigenvalue weighted by Gasteiger charge is 2.55. The van der Waals surface area contributed by atoms with Gasteiger partial charge in [0.1, 0.15) is 0 Å². The molecule has 3 rings (SSSR count). The van der Waals surface area contributed by atoms with Gasteiger partial charge in [-0.15, -0.1) is 0 Å². The number of carbonyl (C=O) groups excluding carboxylic acids is 1. The van der Waals surface area contributed by atoms with E-state index in [0.29, 0.717) is 10.8 Å². The van der Waals surface area contributed by atoms with Crippen LogP contribution in [0.15, 0.2) is 12.2 Å². The van der Waals surface area contributed by atoms with E-state index < -0.39 is 0 Å². The summed E-state index contributed by atoms with van der Waals surface area (Å²) in [6.07, 6.45) is 9.63. The fraction of sp³-hybridized carbons (Fsp3) is 0.875. The van der Waals surface area contributed by atoms with E-state index >= 15 is 0 Å². The van der Waals surface area contributed by atoms with Crippen LogP contribution in [0.2, 0.25) is 0 Å². The highest BCUT2D eigenvalue weighted by atomic mass is 16.1. The Bertz CT molecular complexity index is 512. The van der Waals surface area contributed by atoms with Gasteiger partial charge in [-0.1, -0.05) is 53.2 Å². The molecule has 1 saturated heterocycles. The van der Waals surface area contributed by atoms with E-state index in [2.05, 4.69) is 39.6 Å². The quantitative estimate of drug-likeness (QED) is 0.569. The number of amides is 1. The minimum Gasteiger partial charge on any atom is -0.356 e. The summed E-state index contributed by atoms with van der Waals surface area (Å²) in [6.45, 7) is 18.9. The van der Waals surface area contributed by atoms with Crippen molar-refractivity contribution in [2.24, 2.45) is 34.5 Å². The molecule has 5 unspecified atom stereocenters. The lowest BCUT2D eigenvalue weighted by Gasteiger charge is -2.60. The molecule has 1 heterocycles. The van der Waals surface area contributed by atoms with Crippen molar-refractivity contribution in [2.45, 2.75) is 92.9 Å². The second-order valence-corrected chi connectivity index (χ2v) is 9.44. The summed E-state index contributed by atoms with van der Waals surface area (Å²) in [7, 11) is 0. The summed E-state index contributed by atoms with van der Waals surface area (Å²) in [5.74, 6) is 3.47. The molecule has 0 bridgehead atoms. The average Bonchev–Trinajstić information content (AvgIpc) is 2.62. The Hall–Kier alpha value is -0.790. The predicted molar refractivity (Wildman–Crippen MR) is 112 cm³/mol. The summed E-state index contributed by atoms with van der Waals surface area (Å²) in [5.41, 5.74) is 2.07. The molecule has 0 aromatic heterocycles. The maximum atomic E-state index is 12.0. The van der Waals surface area contributed by atoms with E-state index in [-0.39, 0.29) is 5.91 Å². The van der Waals surface area contributed by atoms with E-state index in [4.69, 9.17) is 0 Å². The third kappa shape index (κ3) is 3.62. The Morgan fingerprint density at radius 3 is 2.46 bits per heavy atom. The first kappa shape index (κ1) is 21.5. The van der Waals surface area contributed by atoms with Crippen molar-refractivity contribution in [2.75, 3.05) is 6.54 Å². The van der Waals surface area contributed by atoms with Crippen LogP contribution in [0.1, 0.15) is 92.9 Å². The lowest BCUT2D eigenvalue weighted by Crippen LogP contribution is -2.53. The largest absolute Gasteiger partial charge is 0.356 e. The standard InChI is InChI=1S/C22H37NO.C2H6/c1-6-18-17-8-7-16-11-14-23-20(24)10-13-22(16,5)19(17)9-12-21(18,4)15(2)3;1-2/h16-19H,2,6-14H2,1,3-5H3,(H,23,24);1-2H3/t16?,17?,18?,19?,21?,22-;/m1./s1. The second-order valence-electron chi connectivity index (χ2n) is 9.44. The van der Waals surface area contributed by atoms with E-state index in [0.717, 1.165) is 43.1 Å². The van der Waals surface area contributed by atoms with Gasteiger partial charge in [0.25, 0.3) is 0 Å².